The molecule has 0 aliphatic rings. The summed E-state index contributed by atoms with van der Waals surface area (Å²) in [7, 11) is 0. The van der Waals surface area contributed by atoms with Crippen LogP contribution in [0.5, 0.6) is 0 Å². The van der Waals surface area contributed by atoms with Crippen LogP contribution in [0, 0.1) is 23.3 Å². The van der Waals surface area contributed by atoms with Crippen molar-refractivity contribution >= 4 is 47.1 Å². The van der Waals surface area contributed by atoms with E-state index < -0.39 is 59.8 Å². The molecule has 0 fully saturated rings. The van der Waals surface area contributed by atoms with Gasteiger partial charge in [-0.05, 0) is 80.6 Å². The SMILES string of the molecule is CC(C)n1c(CC[C@@H](O)C[C@@H](O)CC(=O)O)c(-c2ccc(F)cc2)c(-c2ccc(F)cc2)c1C(=O)Nc1ccc(F)cc1F.[NaH]. The maximum atomic E-state index is 14.6. The molecule has 0 unspecified atom stereocenters. The molecule has 1 heterocycles. The van der Waals surface area contributed by atoms with Gasteiger partial charge in [0.2, 0.25) is 0 Å². The number of aromatic nitrogens is 1. The number of carbonyl (C=O) groups excluding carboxylic acids is 1. The van der Waals surface area contributed by atoms with Gasteiger partial charge in [-0.1, -0.05) is 24.3 Å². The standard InChI is InChI=1S/C33H32F4N2O5.Na.H/c1-18(2)39-28(14-12-24(40)16-25(41)17-29(42)43)30(19-3-7-21(34)8-4-19)31(20-5-9-22(35)10-6-20)32(39)33(44)38-27-13-11-23(36)15-26(27)37;;/h3-11,13,15,18,24-25,40-41H,12,14,16-17H2,1-2H3,(H,38,44)(H,42,43);;/t24-,25-;;/m1../s1. The number of aliphatic hydroxyl groups is 2. The van der Waals surface area contributed by atoms with Crippen molar-refractivity contribution in [3.8, 4) is 22.3 Å². The second-order valence-electron chi connectivity index (χ2n) is 10.8. The summed E-state index contributed by atoms with van der Waals surface area (Å²) in [6.07, 6.45) is -2.96. The van der Waals surface area contributed by atoms with Gasteiger partial charge in [-0.2, -0.15) is 0 Å². The Morgan fingerprint density at radius 3 is 1.84 bits per heavy atom. The summed E-state index contributed by atoms with van der Waals surface area (Å²) in [5, 5.41) is 32.2. The quantitative estimate of drug-likeness (QED) is 0.111. The molecule has 1 aromatic heterocycles. The zero-order valence-electron chi connectivity index (χ0n) is 24.0. The summed E-state index contributed by atoms with van der Waals surface area (Å²) >= 11 is 0. The van der Waals surface area contributed by atoms with E-state index >= 15 is 0 Å². The Balaban J connectivity index is 0.00000552. The van der Waals surface area contributed by atoms with Crippen LogP contribution in [0.4, 0.5) is 23.2 Å². The Hall–Kier alpha value is -3.48. The molecule has 4 rings (SSSR count). The summed E-state index contributed by atoms with van der Waals surface area (Å²) < 4.78 is 57.9. The van der Waals surface area contributed by atoms with Crippen LogP contribution < -0.4 is 5.32 Å². The van der Waals surface area contributed by atoms with Gasteiger partial charge in [0.15, 0.2) is 0 Å². The molecule has 234 valence electrons. The van der Waals surface area contributed by atoms with E-state index in [0.29, 0.717) is 34.0 Å². The van der Waals surface area contributed by atoms with Crippen molar-refractivity contribution < 1.29 is 42.5 Å². The predicted molar refractivity (Wildman–Crippen MR) is 164 cm³/mol. The van der Waals surface area contributed by atoms with E-state index in [2.05, 4.69) is 5.32 Å². The second-order valence-corrected chi connectivity index (χ2v) is 10.8. The van der Waals surface area contributed by atoms with Crippen molar-refractivity contribution in [2.45, 2.75) is 57.8 Å². The average Bonchev–Trinajstić information content (AvgIpc) is 3.29. The monoisotopic (exact) mass is 636 g/mol. The van der Waals surface area contributed by atoms with Crippen LogP contribution in [0.15, 0.2) is 66.7 Å². The molecule has 12 heteroatoms. The molecule has 0 spiro atoms. The number of nitrogens with zero attached hydrogens (tertiary/aromatic N) is 1. The zero-order chi connectivity index (χ0) is 32.1. The Morgan fingerprint density at radius 1 is 0.800 bits per heavy atom. The summed E-state index contributed by atoms with van der Waals surface area (Å²) in [5.41, 5.74) is 2.06. The molecule has 4 aromatic rings. The van der Waals surface area contributed by atoms with E-state index in [1.54, 1.807) is 18.4 Å². The molecule has 0 aliphatic carbocycles. The van der Waals surface area contributed by atoms with Crippen molar-refractivity contribution in [3.05, 3.63) is 101 Å². The molecule has 0 aliphatic heterocycles. The van der Waals surface area contributed by atoms with E-state index in [0.717, 1.165) is 12.1 Å². The van der Waals surface area contributed by atoms with E-state index in [9.17, 15) is 37.4 Å². The Kier molecular flexibility index (Phi) is 12.5. The fourth-order valence-corrected chi connectivity index (χ4v) is 5.29. The van der Waals surface area contributed by atoms with E-state index in [-0.39, 0.29) is 60.2 Å². The van der Waals surface area contributed by atoms with Crippen LogP contribution in [0.25, 0.3) is 22.3 Å². The number of nitrogens with one attached hydrogen (secondary N) is 1. The number of aliphatic hydroxyl groups excluding tert-OH is 2. The number of anilines is 1. The van der Waals surface area contributed by atoms with Gasteiger partial charge in [-0.15, -0.1) is 0 Å². The average molecular weight is 637 g/mol. The normalized spacial score (nSPS) is 12.5. The molecule has 45 heavy (non-hydrogen) atoms. The molecule has 0 bridgehead atoms. The van der Waals surface area contributed by atoms with Crippen molar-refractivity contribution in [3.63, 3.8) is 0 Å². The minimum absolute atomic E-state index is 0. The molecule has 0 radical (unpaired) electrons. The Morgan fingerprint density at radius 2 is 1.33 bits per heavy atom. The first-order valence-corrected chi connectivity index (χ1v) is 14.0. The third kappa shape index (κ3) is 8.83. The fourth-order valence-electron chi connectivity index (χ4n) is 5.29. The van der Waals surface area contributed by atoms with Crippen molar-refractivity contribution in [2.24, 2.45) is 0 Å². The number of carboxylic acid groups (broad SMARTS) is 1. The van der Waals surface area contributed by atoms with E-state index in [1.165, 1.54) is 48.5 Å². The number of amides is 1. The molecule has 3 aromatic carbocycles. The third-order valence-corrected chi connectivity index (χ3v) is 7.15. The molecular formula is C33H33F4N2NaO5. The number of rotatable bonds is 12. The van der Waals surface area contributed by atoms with Crippen LogP contribution in [0.2, 0.25) is 0 Å². The molecular weight excluding hydrogens is 603 g/mol. The zero-order valence-corrected chi connectivity index (χ0v) is 24.0. The van der Waals surface area contributed by atoms with Crippen LogP contribution in [-0.4, -0.2) is 73.5 Å². The van der Waals surface area contributed by atoms with Gasteiger partial charge in [0.05, 0.1) is 24.3 Å². The van der Waals surface area contributed by atoms with E-state index in [1.807, 2.05) is 0 Å². The molecule has 0 saturated heterocycles. The number of carbonyl (C=O) groups is 2. The van der Waals surface area contributed by atoms with Crippen LogP contribution in [0.3, 0.4) is 0 Å². The number of halogens is 4. The van der Waals surface area contributed by atoms with Gasteiger partial charge in [-0.3, -0.25) is 9.59 Å². The number of benzene rings is 3. The van der Waals surface area contributed by atoms with Gasteiger partial charge < -0.3 is 25.2 Å². The number of hydrogen-bond donors (Lipinski definition) is 4. The first-order chi connectivity index (χ1) is 20.8. The van der Waals surface area contributed by atoms with Crippen LogP contribution >= 0.6 is 0 Å². The van der Waals surface area contributed by atoms with Gasteiger partial charge in [0.1, 0.15) is 29.0 Å². The molecule has 7 nitrogen and oxygen atoms in total. The first-order valence-electron chi connectivity index (χ1n) is 14.0. The Bertz CT molecular complexity index is 1640. The summed E-state index contributed by atoms with van der Waals surface area (Å²) in [5.74, 6) is -4.82. The molecule has 0 saturated carbocycles. The fraction of sp³-hybridized carbons (Fsp3) is 0.273. The van der Waals surface area contributed by atoms with Gasteiger partial charge in [0.25, 0.3) is 5.91 Å². The minimum atomic E-state index is -1.28. The second kappa shape index (κ2) is 15.7. The summed E-state index contributed by atoms with van der Waals surface area (Å²) in [4.78, 5) is 25.0. The summed E-state index contributed by atoms with van der Waals surface area (Å²) in [6.45, 7) is 3.60. The topological polar surface area (TPSA) is 112 Å². The molecule has 4 N–H and O–H groups in total. The third-order valence-electron chi connectivity index (χ3n) is 7.15. The predicted octanol–water partition coefficient (Wildman–Crippen LogP) is 6.08. The van der Waals surface area contributed by atoms with Gasteiger partial charge in [-0.25, -0.2) is 17.6 Å². The van der Waals surface area contributed by atoms with Gasteiger partial charge >= 0.3 is 35.5 Å². The molecule has 1 amide bonds. The van der Waals surface area contributed by atoms with Crippen LogP contribution in [0.1, 0.15) is 55.3 Å². The summed E-state index contributed by atoms with van der Waals surface area (Å²) in [6, 6.07) is 13.2. The first kappa shape index (κ1) is 36.0. The number of carboxylic acids is 1. The Labute approximate surface area is 279 Å². The van der Waals surface area contributed by atoms with Crippen LogP contribution in [-0.2, 0) is 11.2 Å². The maximum absolute atomic E-state index is 14.6. The number of hydrogen-bond acceptors (Lipinski definition) is 4. The van der Waals surface area contributed by atoms with Crippen molar-refractivity contribution in [2.75, 3.05) is 5.32 Å². The van der Waals surface area contributed by atoms with Gasteiger partial charge in [0, 0.05) is 28.9 Å². The number of aliphatic carboxylic acids is 1. The van der Waals surface area contributed by atoms with Crippen molar-refractivity contribution in [1.29, 1.82) is 0 Å². The van der Waals surface area contributed by atoms with Crippen molar-refractivity contribution in [1.82, 2.24) is 4.57 Å². The molecule has 2 atom stereocenters. The van der Waals surface area contributed by atoms with E-state index in [4.69, 9.17) is 5.11 Å².